The summed E-state index contributed by atoms with van der Waals surface area (Å²) in [4.78, 5) is 38.3. The molecule has 1 heterocycles. The molecule has 9 nitrogen and oxygen atoms in total. The Bertz CT molecular complexity index is 814. The Hall–Kier alpha value is -3.04. The van der Waals surface area contributed by atoms with E-state index in [2.05, 4.69) is 0 Å². The topological polar surface area (TPSA) is 102 Å². The van der Waals surface area contributed by atoms with Crippen LogP contribution in [0.5, 0.6) is 0 Å². The zero-order valence-corrected chi connectivity index (χ0v) is 16.2. The number of amides is 2. The zero-order chi connectivity index (χ0) is 20.8. The van der Waals surface area contributed by atoms with Crippen LogP contribution in [-0.4, -0.2) is 67.2 Å². The van der Waals surface area contributed by atoms with Gasteiger partial charge in [0, 0.05) is 46.7 Å². The van der Waals surface area contributed by atoms with E-state index in [1.807, 2.05) is 0 Å². The molecular formula is C19H23N3O6. The number of allylic oxidation sites excluding steroid dienone is 1. The quantitative estimate of drug-likeness (QED) is 0.306. The molecule has 0 unspecified atom stereocenters. The number of hydrogen-bond acceptors (Lipinski definition) is 6. The summed E-state index contributed by atoms with van der Waals surface area (Å²) in [6.45, 7) is 0. The molecule has 0 saturated heterocycles. The van der Waals surface area contributed by atoms with E-state index in [1.54, 1.807) is 32.4 Å². The lowest BCUT2D eigenvalue weighted by Gasteiger charge is -2.29. The third-order valence-corrected chi connectivity index (χ3v) is 4.33. The van der Waals surface area contributed by atoms with E-state index in [1.165, 1.54) is 48.3 Å². The van der Waals surface area contributed by atoms with Crippen LogP contribution in [0.2, 0.25) is 0 Å². The summed E-state index contributed by atoms with van der Waals surface area (Å²) >= 11 is 0. The summed E-state index contributed by atoms with van der Waals surface area (Å²) in [5.74, 6) is -0.741. The minimum absolute atomic E-state index is 0.0331. The van der Waals surface area contributed by atoms with Crippen LogP contribution in [0.4, 0.5) is 5.69 Å². The van der Waals surface area contributed by atoms with Crippen LogP contribution in [0.1, 0.15) is 16.8 Å². The van der Waals surface area contributed by atoms with Crippen molar-refractivity contribution in [1.29, 1.82) is 0 Å². The van der Waals surface area contributed by atoms with E-state index in [0.717, 1.165) is 0 Å². The Labute approximate surface area is 163 Å². The molecule has 9 heteroatoms. The molecule has 0 radical (unpaired) electrons. The third-order valence-electron chi connectivity index (χ3n) is 4.33. The van der Waals surface area contributed by atoms with E-state index in [4.69, 9.17) is 9.47 Å². The number of nitro groups is 1. The second-order valence-corrected chi connectivity index (χ2v) is 6.37. The molecule has 1 aliphatic heterocycles. The van der Waals surface area contributed by atoms with E-state index < -0.39 is 23.2 Å². The lowest BCUT2D eigenvalue weighted by molar-refractivity contribution is -0.385. The molecule has 1 aromatic rings. The van der Waals surface area contributed by atoms with Crippen molar-refractivity contribution in [2.75, 3.05) is 28.3 Å². The van der Waals surface area contributed by atoms with Crippen LogP contribution < -0.4 is 0 Å². The van der Waals surface area contributed by atoms with E-state index in [9.17, 15) is 19.7 Å². The van der Waals surface area contributed by atoms with Crippen molar-refractivity contribution in [2.24, 2.45) is 0 Å². The highest BCUT2D eigenvalue weighted by Gasteiger charge is 2.37. The number of para-hydroxylation sites is 1. The number of ether oxygens (including phenoxy) is 2. The summed E-state index contributed by atoms with van der Waals surface area (Å²) in [7, 11) is 6.17. The highest BCUT2D eigenvalue weighted by molar-refractivity contribution is 5.99. The smallest absolute Gasteiger partial charge is 0.282 e. The molecule has 28 heavy (non-hydrogen) atoms. The first-order valence-corrected chi connectivity index (χ1v) is 8.51. The van der Waals surface area contributed by atoms with Gasteiger partial charge in [0.1, 0.15) is 5.56 Å². The Morgan fingerprint density at radius 3 is 2.50 bits per heavy atom. The number of benzene rings is 1. The molecular weight excluding hydrogens is 366 g/mol. The van der Waals surface area contributed by atoms with Gasteiger partial charge in [-0.25, -0.2) is 0 Å². The van der Waals surface area contributed by atoms with Gasteiger partial charge in [-0.05, 0) is 18.1 Å². The predicted octanol–water partition coefficient (Wildman–Crippen LogP) is 1.96. The molecule has 0 saturated carbocycles. The number of nitro benzene ring substituents is 1. The fourth-order valence-electron chi connectivity index (χ4n) is 2.91. The first-order chi connectivity index (χ1) is 13.3. The van der Waals surface area contributed by atoms with Crippen molar-refractivity contribution in [3.63, 3.8) is 0 Å². The molecule has 0 aromatic heterocycles. The molecule has 1 aliphatic rings. The first kappa shape index (κ1) is 21.3. The number of likely N-dealkylation sites (N-methyl/N-ethyl adjacent to an activating group) is 1. The van der Waals surface area contributed by atoms with Crippen molar-refractivity contribution in [3.8, 4) is 0 Å². The largest absolute Gasteiger partial charge is 0.354 e. The summed E-state index contributed by atoms with van der Waals surface area (Å²) in [6, 6.07) is 5.22. The standard InChI is InChI=1S/C19H23N3O6/c1-20(2)17(23)10-9-13-11-16(19(27-3)28-4)21(12-13)18(24)14-7-5-6-8-15(14)22(25)26/h5-10,12,16,19H,11H2,1-4H3/b10-9+/t16-/m0/s1. The molecule has 0 fully saturated rings. The maximum atomic E-state index is 13.1. The minimum atomic E-state index is -0.738. The van der Waals surface area contributed by atoms with E-state index >= 15 is 0 Å². The predicted molar refractivity (Wildman–Crippen MR) is 101 cm³/mol. The molecule has 1 aromatic carbocycles. The molecule has 2 rings (SSSR count). The van der Waals surface area contributed by atoms with Gasteiger partial charge in [0.25, 0.3) is 11.6 Å². The normalized spacial score (nSPS) is 16.5. The van der Waals surface area contributed by atoms with Crippen molar-refractivity contribution in [2.45, 2.75) is 18.8 Å². The second-order valence-electron chi connectivity index (χ2n) is 6.37. The van der Waals surface area contributed by atoms with Crippen LogP contribution in [0.15, 0.2) is 48.2 Å². The second kappa shape index (κ2) is 9.25. The van der Waals surface area contributed by atoms with Gasteiger partial charge in [-0.15, -0.1) is 0 Å². The lowest BCUT2D eigenvalue weighted by Crippen LogP contribution is -2.43. The van der Waals surface area contributed by atoms with E-state index in [0.29, 0.717) is 12.0 Å². The molecule has 0 N–H and O–H groups in total. The van der Waals surface area contributed by atoms with Crippen molar-refractivity contribution >= 4 is 17.5 Å². The van der Waals surface area contributed by atoms with Gasteiger partial charge in [-0.1, -0.05) is 18.2 Å². The van der Waals surface area contributed by atoms with Crippen LogP contribution in [0, 0.1) is 10.1 Å². The van der Waals surface area contributed by atoms with Crippen molar-refractivity contribution < 1.29 is 24.0 Å². The Kier molecular flexibility index (Phi) is 7.02. The molecule has 0 bridgehead atoms. The Morgan fingerprint density at radius 2 is 1.93 bits per heavy atom. The van der Waals surface area contributed by atoms with Gasteiger partial charge >= 0.3 is 0 Å². The van der Waals surface area contributed by atoms with Gasteiger partial charge in [-0.2, -0.15) is 0 Å². The molecule has 0 spiro atoms. The number of carbonyl (C=O) groups is 2. The van der Waals surface area contributed by atoms with Crippen LogP contribution in [0.3, 0.4) is 0 Å². The summed E-state index contributed by atoms with van der Waals surface area (Å²) in [5.41, 5.74) is 0.387. The number of hydrogen-bond donors (Lipinski definition) is 0. The van der Waals surface area contributed by atoms with Gasteiger partial charge in [-0.3, -0.25) is 19.7 Å². The summed E-state index contributed by atoms with van der Waals surface area (Å²) < 4.78 is 10.6. The van der Waals surface area contributed by atoms with Crippen molar-refractivity contribution in [3.05, 3.63) is 63.9 Å². The maximum Gasteiger partial charge on any atom is 0.282 e. The molecule has 1 atom stereocenters. The van der Waals surface area contributed by atoms with Gasteiger partial charge in [0.05, 0.1) is 11.0 Å². The number of nitrogens with zero attached hydrogens (tertiary/aromatic N) is 3. The highest BCUT2D eigenvalue weighted by atomic mass is 16.7. The molecule has 0 aliphatic carbocycles. The highest BCUT2D eigenvalue weighted by Crippen LogP contribution is 2.30. The number of methoxy groups -OCH3 is 2. The maximum absolute atomic E-state index is 13.1. The zero-order valence-electron chi connectivity index (χ0n) is 16.2. The number of rotatable bonds is 7. The number of carbonyl (C=O) groups excluding carboxylic acids is 2. The fraction of sp³-hybridized carbons (Fsp3) is 0.368. The average molecular weight is 389 g/mol. The lowest BCUT2D eigenvalue weighted by atomic mass is 10.1. The monoisotopic (exact) mass is 389 g/mol. The van der Waals surface area contributed by atoms with E-state index in [-0.39, 0.29) is 17.2 Å². The van der Waals surface area contributed by atoms with Crippen LogP contribution >= 0.6 is 0 Å². The van der Waals surface area contributed by atoms with Crippen molar-refractivity contribution in [1.82, 2.24) is 9.80 Å². The fourth-order valence-corrected chi connectivity index (χ4v) is 2.91. The summed E-state index contributed by atoms with van der Waals surface area (Å²) in [5, 5.41) is 11.3. The van der Waals surface area contributed by atoms with Gasteiger partial charge in [0.15, 0.2) is 6.29 Å². The third kappa shape index (κ3) is 4.62. The minimum Gasteiger partial charge on any atom is -0.354 e. The van der Waals surface area contributed by atoms with Gasteiger partial charge in [0.2, 0.25) is 5.91 Å². The van der Waals surface area contributed by atoms with Crippen LogP contribution in [-0.2, 0) is 14.3 Å². The SMILES string of the molecule is COC(OC)[C@@H]1CC(/C=C/C(=O)N(C)C)=CN1C(=O)c1ccccc1[N+](=O)[O-]. The molecule has 2 amide bonds. The Balaban J connectivity index is 2.39. The van der Waals surface area contributed by atoms with Crippen LogP contribution in [0.25, 0.3) is 0 Å². The molecule has 150 valence electrons. The summed E-state index contributed by atoms with van der Waals surface area (Å²) in [6.07, 6.45) is 4.21. The first-order valence-electron chi connectivity index (χ1n) is 8.51. The van der Waals surface area contributed by atoms with Gasteiger partial charge < -0.3 is 19.3 Å². The average Bonchev–Trinajstić information content (AvgIpc) is 3.10. The Morgan fingerprint density at radius 1 is 1.29 bits per heavy atom.